The zero-order valence-corrected chi connectivity index (χ0v) is 10.8. The summed E-state index contributed by atoms with van der Waals surface area (Å²) in [6.45, 7) is 3.56. The number of aromatic hydroxyl groups is 2. The molecule has 4 heteroatoms. The van der Waals surface area contributed by atoms with E-state index in [1.807, 2.05) is 0 Å². The molecular weight excluding hydrogens is 242 g/mol. The Morgan fingerprint density at radius 2 is 1.74 bits per heavy atom. The van der Waals surface area contributed by atoms with Gasteiger partial charge in [0.2, 0.25) is 0 Å². The SMILES string of the molecule is Cc1ccc(C(=O)Nc2ccc(O)cc2C)cc1O. The highest BCUT2D eigenvalue weighted by Crippen LogP contribution is 2.22. The first kappa shape index (κ1) is 13.0. The number of phenolic OH excluding ortho intramolecular Hbond substituents is 2. The van der Waals surface area contributed by atoms with E-state index in [0.29, 0.717) is 11.3 Å². The smallest absolute Gasteiger partial charge is 0.255 e. The predicted octanol–water partition coefficient (Wildman–Crippen LogP) is 2.97. The molecule has 4 nitrogen and oxygen atoms in total. The molecule has 98 valence electrons. The number of rotatable bonds is 2. The molecule has 2 aromatic carbocycles. The number of carbonyl (C=O) groups is 1. The molecule has 0 aliphatic carbocycles. The maximum absolute atomic E-state index is 12.0. The standard InChI is InChI=1S/C15H15NO3/c1-9-3-4-11(8-14(9)18)15(19)16-13-6-5-12(17)7-10(13)2/h3-8,17-18H,1-2H3,(H,16,19). The van der Waals surface area contributed by atoms with E-state index in [0.717, 1.165) is 11.1 Å². The first-order valence-electron chi connectivity index (χ1n) is 5.88. The summed E-state index contributed by atoms with van der Waals surface area (Å²) in [5, 5.41) is 21.6. The van der Waals surface area contributed by atoms with Gasteiger partial charge in [0, 0.05) is 11.3 Å². The van der Waals surface area contributed by atoms with E-state index in [2.05, 4.69) is 5.32 Å². The molecule has 2 aromatic rings. The first-order chi connectivity index (χ1) is 8.97. The van der Waals surface area contributed by atoms with Crippen molar-refractivity contribution >= 4 is 11.6 Å². The average molecular weight is 257 g/mol. The minimum atomic E-state index is -0.302. The Hall–Kier alpha value is -2.49. The van der Waals surface area contributed by atoms with Crippen LogP contribution in [0.3, 0.4) is 0 Å². The Balaban J connectivity index is 2.23. The average Bonchev–Trinajstić information content (AvgIpc) is 2.36. The third-order valence-corrected chi connectivity index (χ3v) is 2.93. The fraction of sp³-hybridized carbons (Fsp3) is 0.133. The van der Waals surface area contributed by atoms with Gasteiger partial charge in [0.05, 0.1) is 0 Å². The number of benzene rings is 2. The summed E-state index contributed by atoms with van der Waals surface area (Å²) in [7, 11) is 0. The molecule has 2 rings (SSSR count). The molecule has 0 saturated heterocycles. The molecule has 0 heterocycles. The Kier molecular flexibility index (Phi) is 3.42. The highest BCUT2D eigenvalue weighted by Gasteiger charge is 2.09. The quantitative estimate of drug-likeness (QED) is 0.724. The van der Waals surface area contributed by atoms with Gasteiger partial charge in [-0.2, -0.15) is 0 Å². The lowest BCUT2D eigenvalue weighted by molar-refractivity contribution is 0.102. The van der Waals surface area contributed by atoms with Crippen LogP contribution in [0.2, 0.25) is 0 Å². The van der Waals surface area contributed by atoms with Crippen molar-refractivity contribution in [2.24, 2.45) is 0 Å². The van der Waals surface area contributed by atoms with Crippen LogP contribution in [-0.4, -0.2) is 16.1 Å². The summed E-state index contributed by atoms with van der Waals surface area (Å²) < 4.78 is 0. The van der Waals surface area contributed by atoms with Crippen LogP contribution in [-0.2, 0) is 0 Å². The zero-order valence-electron chi connectivity index (χ0n) is 10.8. The number of carbonyl (C=O) groups excluding carboxylic acids is 1. The van der Waals surface area contributed by atoms with Crippen molar-refractivity contribution in [3.8, 4) is 11.5 Å². The lowest BCUT2D eigenvalue weighted by atomic mass is 10.1. The fourth-order valence-corrected chi connectivity index (χ4v) is 1.73. The van der Waals surface area contributed by atoms with Crippen LogP contribution >= 0.6 is 0 Å². The van der Waals surface area contributed by atoms with E-state index < -0.39 is 0 Å². The van der Waals surface area contributed by atoms with Gasteiger partial charge < -0.3 is 15.5 Å². The maximum atomic E-state index is 12.0. The Labute approximate surface area is 111 Å². The number of aryl methyl sites for hydroxylation is 2. The van der Waals surface area contributed by atoms with Crippen LogP contribution in [0.15, 0.2) is 36.4 Å². The number of hydrogen-bond donors (Lipinski definition) is 3. The van der Waals surface area contributed by atoms with Crippen LogP contribution in [0.1, 0.15) is 21.5 Å². The minimum absolute atomic E-state index is 0.0927. The van der Waals surface area contributed by atoms with Crippen molar-refractivity contribution in [2.45, 2.75) is 13.8 Å². The van der Waals surface area contributed by atoms with Crippen molar-refractivity contribution in [3.63, 3.8) is 0 Å². The third kappa shape index (κ3) is 2.85. The maximum Gasteiger partial charge on any atom is 0.255 e. The summed E-state index contributed by atoms with van der Waals surface area (Å²) in [6, 6.07) is 9.49. The molecule has 0 bridgehead atoms. The van der Waals surface area contributed by atoms with Crippen LogP contribution < -0.4 is 5.32 Å². The van der Waals surface area contributed by atoms with Crippen LogP contribution in [0, 0.1) is 13.8 Å². The number of hydrogen-bond acceptors (Lipinski definition) is 3. The first-order valence-corrected chi connectivity index (χ1v) is 5.88. The highest BCUT2D eigenvalue weighted by molar-refractivity contribution is 6.05. The van der Waals surface area contributed by atoms with Gasteiger partial charge in [0.15, 0.2) is 0 Å². The van der Waals surface area contributed by atoms with E-state index >= 15 is 0 Å². The molecule has 0 aromatic heterocycles. The van der Waals surface area contributed by atoms with Gasteiger partial charge in [0.25, 0.3) is 5.91 Å². The van der Waals surface area contributed by atoms with Gasteiger partial charge in [-0.25, -0.2) is 0 Å². The Bertz CT molecular complexity index is 635. The van der Waals surface area contributed by atoms with Gasteiger partial charge in [-0.15, -0.1) is 0 Å². The van der Waals surface area contributed by atoms with E-state index in [1.54, 1.807) is 38.1 Å². The van der Waals surface area contributed by atoms with Crippen LogP contribution in [0.4, 0.5) is 5.69 Å². The second-order valence-electron chi connectivity index (χ2n) is 4.45. The topological polar surface area (TPSA) is 69.6 Å². The number of amides is 1. The summed E-state index contributed by atoms with van der Waals surface area (Å²) in [5.41, 5.74) is 2.50. The van der Waals surface area contributed by atoms with Gasteiger partial charge in [0.1, 0.15) is 11.5 Å². The molecule has 0 radical (unpaired) electrons. The van der Waals surface area contributed by atoms with Gasteiger partial charge in [-0.1, -0.05) is 6.07 Å². The largest absolute Gasteiger partial charge is 0.508 e. The van der Waals surface area contributed by atoms with E-state index in [4.69, 9.17) is 0 Å². The monoisotopic (exact) mass is 257 g/mol. The zero-order chi connectivity index (χ0) is 14.0. The second kappa shape index (κ2) is 5.02. The van der Waals surface area contributed by atoms with E-state index in [9.17, 15) is 15.0 Å². The molecule has 0 fully saturated rings. The lowest BCUT2D eigenvalue weighted by Crippen LogP contribution is -2.12. The molecule has 1 amide bonds. The molecule has 0 atom stereocenters. The fourth-order valence-electron chi connectivity index (χ4n) is 1.73. The molecule has 19 heavy (non-hydrogen) atoms. The molecule has 0 spiro atoms. The molecule has 0 saturated carbocycles. The van der Waals surface area contributed by atoms with E-state index in [-0.39, 0.29) is 17.4 Å². The molecular formula is C15H15NO3. The van der Waals surface area contributed by atoms with Crippen molar-refractivity contribution < 1.29 is 15.0 Å². The van der Waals surface area contributed by atoms with Crippen molar-refractivity contribution in [1.29, 1.82) is 0 Å². The third-order valence-electron chi connectivity index (χ3n) is 2.93. The highest BCUT2D eigenvalue weighted by atomic mass is 16.3. The van der Waals surface area contributed by atoms with Gasteiger partial charge >= 0.3 is 0 Å². The van der Waals surface area contributed by atoms with Gasteiger partial charge in [-0.3, -0.25) is 4.79 Å². The number of phenols is 2. The van der Waals surface area contributed by atoms with E-state index in [1.165, 1.54) is 12.1 Å². The summed E-state index contributed by atoms with van der Waals surface area (Å²) in [5.74, 6) is -0.0531. The summed E-state index contributed by atoms with van der Waals surface area (Å²) in [4.78, 5) is 12.0. The normalized spacial score (nSPS) is 10.2. The van der Waals surface area contributed by atoms with Crippen molar-refractivity contribution in [2.75, 3.05) is 5.32 Å². The lowest BCUT2D eigenvalue weighted by Gasteiger charge is -2.09. The van der Waals surface area contributed by atoms with Crippen LogP contribution in [0.25, 0.3) is 0 Å². The van der Waals surface area contributed by atoms with Crippen LogP contribution in [0.5, 0.6) is 11.5 Å². The molecule has 0 aliphatic rings. The Morgan fingerprint density at radius 1 is 1.00 bits per heavy atom. The molecule has 0 unspecified atom stereocenters. The Morgan fingerprint density at radius 3 is 2.37 bits per heavy atom. The van der Waals surface area contributed by atoms with Crippen molar-refractivity contribution in [3.05, 3.63) is 53.1 Å². The molecule has 0 aliphatic heterocycles. The second-order valence-corrected chi connectivity index (χ2v) is 4.45. The minimum Gasteiger partial charge on any atom is -0.508 e. The summed E-state index contributed by atoms with van der Waals surface area (Å²) >= 11 is 0. The van der Waals surface area contributed by atoms with Crippen molar-refractivity contribution in [1.82, 2.24) is 0 Å². The molecule has 3 N–H and O–H groups in total. The van der Waals surface area contributed by atoms with Gasteiger partial charge in [-0.05, 0) is 55.3 Å². The summed E-state index contributed by atoms with van der Waals surface area (Å²) in [6.07, 6.45) is 0. The number of anilines is 1. The predicted molar refractivity (Wildman–Crippen MR) is 73.6 cm³/mol. The number of nitrogens with one attached hydrogen (secondary N) is 1.